The van der Waals surface area contributed by atoms with Crippen LogP contribution in [0.3, 0.4) is 0 Å². The van der Waals surface area contributed by atoms with E-state index >= 15 is 0 Å². The van der Waals surface area contributed by atoms with Gasteiger partial charge in [-0.15, -0.1) is 0 Å². The van der Waals surface area contributed by atoms with Crippen molar-refractivity contribution >= 4 is 18.0 Å². The molecule has 1 fully saturated rings. The van der Waals surface area contributed by atoms with E-state index in [1.807, 2.05) is 0 Å². The van der Waals surface area contributed by atoms with Gasteiger partial charge in [0.2, 0.25) is 6.41 Å². The molecular weight excluding hydrogens is 246 g/mol. The standard InChI is InChI=1S/C13H17N3O3/c14-11-1-3-12(4-2-11)19-9-13(18)16-7-5-15(10-17)6-8-16/h1-4,10H,5-9,14H2. The second kappa shape index (κ2) is 6.08. The van der Waals surface area contributed by atoms with Crippen molar-refractivity contribution in [2.75, 3.05) is 38.5 Å². The quantitative estimate of drug-likeness (QED) is 0.610. The molecule has 6 heteroatoms. The van der Waals surface area contributed by atoms with Gasteiger partial charge in [-0.05, 0) is 24.3 Å². The normalized spacial score (nSPS) is 15.2. The van der Waals surface area contributed by atoms with E-state index in [9.17, 15) is 9.59 Å². The summed E-state index contributed by atoms with van der Waals surface area (Å²) in [4.78, 5) is 25.8. The van der Waals surface area contributed by atoms with E-state index in [4.69, 9.17) is 10.5 Å². The third kappa shape index (κ3) is 3.61. The van der Waals surface area contributed by atoms with Crippen LogP contribution in [0.1, 0.15) is 0 Å². The number of amides is 2. The van der Waals surface area contributed by atoms with Crippen molar-refractivity contribution in [1.29, 1.82) is 0 Å². The summed E-state index contributed by atoms with van der Waals surface area (Å²) in [5, 5.41) is 0. The highest BCUT2D eigenvalue weighted by Crippen LogP contribution is 2.13. The summed E-state index contributed by atoms with van der Waals surface area (Å²) in [5.41, 5.74) is 6.22. The van der Waals surface area contributed by atoms with Crippen molar-refractivity contribution in [1.82, 2.24) is 9.80 Å². The maximum absolute atomic E-state index is 11.9. The molecule has 19 heavy (non-hydrogen) atoms. The number of anilines is 1. The van der Waals surface area contributed by atoms with Crippen LogP contribution in [0, 0.1) is 0 Å². The molecule has 0 unspecified atom stereocenters. The topological polar surface area (TPSA) is 75.9 Å². The van der Waals surface area contributed by atoms with Gasteiger partial charge in [0.15, 0.2) is 6.61 Å². The number of hydrogen-bond acceptors (Lipinski definition) is 4. The van der Waals surface area contributed by atoms with Gasteiger partial charge >= 0.3 is 0 Å². The molecule has 2 amide bonds. The number of ether oxygens (including phenoxy) is 1. The van der Waals surface area contributed by atoms with Gasteiger partial charge in [-0.2, -0.15) is 0 Å². The molecule has 2 N–H and O–H groups in total. The van der Waals surface area contributed by atoms with Crippen LogP contribution in [0.25, 0.3) is 0 Å². The van der Waals surface area contributed by atoms with Crippen LogP contribution in [-0.4, -0.2) is 54.9 Å². The van der Waals surface area contributed by atoms with E-state index in [-0.39, 0.29) is 12.5 Å². The third-order valence-electron chi connectivity index (χ3n) is 3.06. The van der Waals surface area contributed by atoms with E-state index in [0.29, 0.717) is 37.6 Å². The van der Waals surface area contributed by atoms with E-state index in [2.05, 4.69) is 0 Å². The predicted octanol–water partition coefficient (Wildman–Crippen LogP) is -0.0518. The first-order valence-electron chi connectivity index (χ1n) is 6.14. The van der Waals surface area contributed by atoms with Crippen molar-refractivity contribution in [3.63, 3.8) is 0 Å². The lowest BCUT2D eigenvalue weighted by molar-refractivity contribution is -0.137. The fourth-order valence-corrected chi connectivity index (χ4v) is 1.88. The summed E-state index contributed by atoms with van der Waals surface area (Å²) in [7, 11) is 0. The van der Waals surface area contributed by atoms with Gasteiger partial charge in [-0.1, -0.05) is 0 Å². The van der Waals surface area contributed by atoms with Crippen LogP contribution in [-0.2, 0) is 9.59 Å². The Morgan fingerprint density at radius 1 is 1.21 bits per heavy atom. The van der Waals surface area contributed by atoms with E-state index in [1.54, 1.807) is 34.1 Å². The molecule has 1 saturated heterocycles. The summed E-state index contributed by atoms with van der Waals surface area (Å²) < 4.78 is 5.40. The number of piperazine rings is 1. The summed E-state index contributed by atoms with van der Waals surface area (Å²) >= 11 is 0. The van der Waals surface area contributed by atoms with Crippen LogP contribution in [0.4, 0.5) is 5.69 Å². The highest BCUT2D eigenvalue weighted by Gasteiger charge is 2.20. The average molecular weight is 263 g/mol. The zero-order valence-electron chi connectivity index (χ0n) is 10.6. The van der Waals surface area contributed by atoms with Crippen LogP contribution in [0.15, 0.2) is 24.3 Å². The van der Waals surface area contributed by atoms with E-state index in [1.165, 1.54) is 0 Å². The van der Waals surface area contributed by atoms with Gasteiger partial charge in [-0.25, -0.2) is 0 Å². The zero-order chi connectivity index (χ0) is 13.7. The Morgan fingerprint density at radius 2 is 1.84 bits per heavy atom. The molecule has 102 valence electrons. The van der Waals surface area contributed by atoms with Crippen molar-refractivity contribution in [2.24, 2.45) is 0 Å². The zero-order valence-corrected chi connectivity index (χ0v) is 10.6. The SMILES string of the molecule is Nc1ccc(OCC(=O)N2CCN(C=O)CC2)cc1. The molecule has 0 atom stereocenters. The largest absolute Gasteiger partial charge is 0.484 e. The molecule has 0 aliphatic carbocycles. The number of carbonyl (C=O) groups excluding carboxylic acids is 2. The van der Waals surface area contributed by atoms with Gasteiger partial charge in [0.05, 0.1) is 0 Å². The first-order chi connectivity index (χ1) is 9.19. The molecule has 1 aliphatic rings. The Bertz CT molecular complexity index is 439. The molecule has 6 nitrogen and oxygen atoms in total. The van der Waals surface area contributed by atoms with E-state index < -0.39 is 0 Å². The van der Waals surface area contributed by atoms with Crippen molar-refractivity contribution < 1.29 is 14.3 Å². The maximum atomic E-state index is 11.9. The number of hydrogen-bond donors (Lipinski definition) is 1. The molecule has 1 aliphatic heterocycles. The Balaban J connectivity index is 1.78. The molecule has 0 saturated carbocycles. The van der Waals surface area contributed by atoms with Gasteiger partial charge in [-0.3, -0.25) is 9.59 Å². The Kier molecular flexibility index (Phi) is 4.22. The molecule has 1 aromatic rings. The highest BCUT2D eigenvalue weighted by molar-refractivity contribution is 5.78. The number of carbonyl (C=O) groups is 2. The van der Waals surface area contributed by atoms with Gasteiger partial charge in [0.25, 0.3) is 5.91 Å². The summed E-state index contributed by atoms with van der Waals surface area (Å²) in [6, 6.07) is 6.91. The minimum absolute atomic E-state index is 0.00497. The molecule has 0 aromatic heterocycles. The summed E-state index contributed by atoms with van der Waals surface area (Å²) in [6.45, 7) is 2.28. The molecule has 1 aromatic carbocycles. The maximum Gasteiger partial charge on any atom is 0.260 e. The fourth-order valence-electron chi connectivity index (χ4n) is 1.88. The smallest absolute Gasteiger partial charge is 0.260 e. The molecule has 0 bridgehead atoms. The number of nitrogens with two attached hydrogens (primary N) is 1. The molecule has 0 radical (unpaired) electrons. The van der Waals surface area contributed by atoms with Crippen molar-refractivity contribution in [3.05, 3.63) is 24.3 Å². The minimum Gasteiger partial charge on any atom is -0.484 e. The number of nitrogen functional groups attached to an aromatic ring is 1. The first kappa shape index (κ1) is 13.2. The van der Waals surface area contributed by atoms with Gasteiger partial charge < -0.3 is 20.3 Å². The fraction of sp³-hybridized carbons (Fsp3) is 0.385. The second-order valence-electron chi connectivity index (χ2n) is 4.38. The average Bonchev–Trinajstić information content (AvgIpc) is 2.46. The van der Waals surface area contributed by atoms with Crippen LogP contribution in [0.5, 0.6) is 5.75 Å². The Hall–Kier alpha value is -2.24. The minimum atomic E-state index is -0.0672. The number of benzene rings is 1. The van der Waals surface area contributed by atoms with Crippen LogP contribution in [0.2, 0.25) is 0 Å². The van der Waals surface area contributed by atoms with Crippen molar-refractivity contribution in [3.8, 4) is 5.75 Å². The summed E-state index contributed by atoms with van der Waals surface area (Å²) in [5.74, 6) is 0.552. The Morgan fingerprint density at radius 3 is 2.42 bits per heavy atom. The summed E-state index contributed by atoms with van der Waals surface area (Å²) in [6.07, 6.45) is 0.812. The lowest BCUT2D eigenvalue weighted by Crippen LogP contribution is -2.49. The number of rotatable bonds is 4. The van der Waals surface area contributed by atoms with Crippen LogP contribution >= 0.6 is 0 Å². The Labute approximate surface area is 111 Å². The number of nitrogens with zero attached hydrogens (tertiary/aromatic N) is 2. The molecule has 2 rings (SSSR count). The lowest BCUT2D eigenvalue weighted by atomic mass is 10.3. The molecular formula is C13H17N3O3. The second-order valence-corrected chi connectivity index (χ2v) is 4.38. The first-order valence-corrected chi connectivity index (χ1v) is 6.14. The lowest BCUT2D eigenvalue weighted by Gasteiger charge is -2.32. The van der Waals surface area contributed by atoms with Crippen LogP contribution < -0.4 is 10.5 Å². The molecule has 1 heterocycles. The van der Waals surface area contributed by atoms with E-state index in [0.717, 1.165) is 6.41 Å². The van der Waals surface area contributed by atoms with Crippen molar-refractivity contribution in [2.45, 2.75) is 0 Å². The predicted molar refractivity (Wildman–Crippen MR) is 70.6 cm³/mol. The third-order valence-corrected chi connectivity index (χ3v) is 3.06. The highest BCUT2D eigenvalue weighted by atomic mass is 16.5. The van der Waals surface area contributed by atoms with Gasteiger partial charge in [0.1, 0.15) is 5.75 Å². The monoisotopic (exact) mass is 263 g/mol. The molecule has 0 spiro atoms. The van der Waals surface area contributed by atoms with Gasteiger partial charge in [0, 0.05) is 31.9 Å².